The summed E-state index contributed by atoms with van der Waals surface area (Å²) in [5, 5.41) is 3.03. The van der Waals surface area contributed by atoms with Crippen molar-refractivity contribution in [1.29, 1.82) is 0 Å². The molecule has 21 heavy (non-hydrogen) atoms. The van der Waals surface area contributed by atoms with Crippen molar-refractivity contribution in [3.63, 3.8) is 0 Å². The van der Waals surface area contributed by atoms with Crippen LogP contribution in [0.25, 0.3) is 0 Å². The first-order chi connectivity index (χ1) is 10.1. The third-order valence-electron chi connectivity index (χ3n) is 3.06. The van der Waals surface area contributed by atoms with Crippen LogP contribution in [0, 0.1) is 0 Å². The Hall–Kier alpha value is -1.77. The fourth-order valence-corrected chi connectivity index (χ4v) is 3.03. The number of hydrogen-bond donors (Lipinski definition) is 2. The number of nitrogens with zero attached hydrogens (tertiary/aromatic N) is 3. The zero-order chi connectivity index (χ0) is 15.3. The van der Waals surface area contributed by atoms with Crippen molar-refractivity contribution in [3.05, 3.63) is 42.2 Å². The first-order valence-corrected chi connectivity index (χ1v) is 8.13. The lowest BCUT2D eigenvalue weighted by Gasteiger charge is -2.04. The Balaban J connectivity index is 2.15. The fourth-order valence-electron chi connectivity index (χ4n) is 1.97. The predicted octanol–water partition coefficient (Wildman–Crippen LogP) is 0.496. The van der Waals surface area contributed by atoms with E-state index in [1.54, 1.807) is 24.5 Å². The third-order valence-corrected chi connectivity index (χ3v) is 4.42. The van der Waals surface area contributed by atoms with Crippen LogP contribution < -0.4 is 10.0 Å². The Labute approximate surface area is 124 Å². The average Bonchev–Trinajstić information content (AvgIpc) is 2.91. The predicted molar refractivity (Wildman–Crippen MR) is 78.9 cm³/mol. The number of nitrogens with one attached hydrogen (secondary N) is 2. The molecule has 0 aliphatic heterocycles. The van der Waals surface area contributed by atoms with Gasteiger partial charge in [0.25, 0.3) is 0 Å². The van der Waals surface area contributed by atoms with E-state index in [-0.39, 0.29) is 11.4 Å². The zero-order valence-electron chi connectivity index (χ0n) is 12.1. The maximum absolute atomic E-state index is 12.3. The summed E-state index contributed by atoms with van der Waals surface area (Å²) in [7, 11) is -1.72. The summed E-state index contributed by atoms with van der Waals surface area (Å²) in [5.74, 6) is 0. The second-order valence-electron chi connectivity index (χ2n) is 4.51. The van der Waals surface area contributed by atoms with Crippen LogP contribution in [0.15, 0.2) is 35.7 Å². The monoisotopic (exact) mass is 309 g/mol. The molecule has 2 N–H and O–H groups in total. The maximum Gasteiger partial charge on any atom is 0.242 e. The van der Waals surface area contributed by atoms with Crippen LogP contribution in [-0.2, 0) is 29.7 Å². The van der Waals surface area contributed by atoms with Gasteiger partial charge in [0.2, 0.25) is 10.0 Å². The van der Waals surface area contributed by atoms with Gasteiger partial charge in [-0.3, -0.25) is 0 Å². The van der Waals surface area contributed by atoms with E-state index >= 15 is 0 Å². The van der Waals surface area contributed by atoms with Gasteiger partial charge < -0.3 is 9.88 Å². The molecule has 0 saturated heterocycles. The van der Waals surface area contributed by atoms with Gasteiger partial charge in [-0.25, -0.2) is 23.1 Å². The average molecular weight is 309 g/mol. The molecule has 0 bridgehead atoms. The molecule has 8 heteroatoms. The molecule has 0 aromatic carbocycles. The Morgan fingerprint density at radius 1 is 1.33 bits per heavy atom. The normalized spacial score (nSPS) is 11.7. The quantitative estimate of drug-likeness (QED) is 0.777. The lowest BCUT2D eigenvalue weighted by molar-refractivity contribution is 0.580. The van der Waals surface area contributed by atoms with E-state index in [4.69, 9.17) is 0 Å². The summed E-state index contributed by atoms with van der Waals surface area (Å²) < 4.78 is 29.1. The molecule has 2 rings (SSSR count). The molecule has 7 nitrogen and oxygen atoms in total. The Morgan fingerprint density at radius 2 is 2.14 bits per heavy atom. The highest BCUT2D eigenvalue weighted by Gasteiger charge is 2.17. The first kappa shape index (κ1) is 15.6. The van der Waals surface area contributed by atoms with Crippen LogP contribution >= 0.6 is 0 Å². The number of hydrogen-bond acceptors (Lipinski definition) is 5. The molecule has 0 saturated carbocycles. The van der Waals surface area contributed by atoms with Crippen molar-refractivity contribution in [1.82, 2.24) is 24.6 Å². The molecule has 2 aromatic heterocycles. The Kier molecular flexibility index (Phi) is 5.05. The lowest BCUT2D eigenvalue weighted by Crippen LogP contribution is -2.23. The summed E-state index contributed by atoms with van der Waals surface area (Å²) in [6, 6.07) is 3.36. The molecular weight excluding hydrogens is 290 g/mol. The van der Waals surface area contributed by atoms with Gasteiger partial charge in [0.05, 0.1) is 17.1 Å². The van der Waals surface area contributed by atoms with Crippen LogP contribution in [0.2, 0.25) is 0 Å². The minimum Gasteiger partial charge on any atom is -0.349 e. The van der Waals surface area contributed by atoms with E-state index in [1.165, 1.54) is 6.33 Å². The van der Waals surface area contributed by atoms with E-state index in [0.717, 1.165) is 12.2 Å². The number of sulfonamides is 1. The number of rotatable bonds is 7. The number of aryl methyl sites for hydroxylation is 1. The van der Waals surface area contributed by atoms with Gasteiger partial charge in [-0.1, -0.05) is 0 Å². The highest BCUT2D eigenvalue weighted by Crippen LogP contribution is 2.15. The van der Waals surface area contributed by atoms with Crippen LogP contribution in [0.5, 0.6) is 0 Å². The van der Waals surface area contributed by atoms with Crippen LogP contribution in [0.1, 0.15) is 18.3 Å². The zero-order valence-corrected chi connectivity index (χ0v) is 12.9. The Bertz CT molecular complexity index is 682. The molecule has 2 aromatic rings. The maximum atomic E-state index is 12.3. The van der Waals surface area contributed by atoms with Gasteiger partial charge in [0, 0.05) is 31.2 Å². The van der Waals surface area contributed by atoms with Gasteiger partial charge >= 0.3 is 0 Å². The molecule has 0 fully saturated rings. The third kappa shape index (κ3) is 3.87. The molecule has 2 heterocycles. The van der Waals surface area contributed by atoms with Crippen LogP contribution in [0.4, 0.5) is 0 Å². The molecule has 0 spiro atoms. The number of aromatic nitrogens is 3. The van der Waals surface area contributed by atoms with E-state index in [2.05, 4.69) is 20.0 Å². The van der Waals surface area contributed by atoms with Crippen LogP contribution in [-0.4, -0.2) is 30.0 Å². The van der Waals surface area contributed by atoms with E-state index in [0.29, 0.717) is 12.2 Å². The molecular formula is C13H19N5O2S. The van der Waals surface area contributed by atoms with Crippen molar-refractivity contribution in [3.8, 4) is 0 Å². The van der Waals surface area contributed by atoms with Crippen molar-refractivity contribution >= 4 is 10.0 Å². The Morgan fingerprint density at radius 3 is 2.76 bits per heavy atom. The summed E-state index contributed by atoms with van der Waals surface area (Å²) in [5.41, 5.74) is 1.56. The first-order valence-electron chi connectivity index (χ1n) is 6.65. The topological polar surface area (TPSA) is 88.9 Å². The fraction of sp³-hybridized carbons (Fsp3) is 0.385. The van der Waals surface area contributed by atoms with Gasteiger partial charge in [0.1, 0.15) is 6.33 Å². The van der Waals surface area contributed by atoms with Gasteiger partial charge in [-0.05, 0) is 26.1 Å². The standard InChI is InChI=1S/C13H19N5O2S/c1-3-18-9-13(6-12(18)8-14-2)21(19,20)17-7-11-4-5-15-10-16-11/h4-6,9-10,14,17H,3,7-8H2,1-2H3. The second-order valence-corrected chi connectivity index (χ2v) is 6.28. The highest BCUT2D eigenvalue weighted by atomic mass is 32.2. The summed E-state index contributed by atoms with van der Waals surface area (Å²) in [6.07, 6.45) is 4.62. The smallest absolute Gasteiger partial charge is 0.242 e. The van der Waals surface area contributed by atoms with Crippen molar-refractivity contribution in [2.75, 3.05) is 7.05 Å². The molecule has 0 unspecified atom stereocenters. The molecule has 0 aliphatic carbocycles. The molecule has 0 amide bonds. The second kappa shape index (κ2) is 6.79. The van der Waals surface area contributed by atoms with Crippen LogP contribution in [0.3, 0.4) is 0 Å². The van der Waals surface area contributed by atoms with Crippen molar-refractivity contribution < 1.29 is 8.42 Å². The van der Waals surface area contributed by atoms with E-state index in [1.807, 2.05) is 18.5 Å². The minimum atomic E-state index is -3.55. The molecule has 0 atom stereocenters. The van der Waals surface area contributed by atoms with Crippen molar-refractivity contribution in [2.24, 2.45) is 0 Å². The van der Waals surface area contributed by atoms with Crippen molar-refractivity contribution in [2.45, 2.75) is 31.5 Å². The molecule has 114 valence electrons. The van der Waals surface area contributed by atoms with Gasteiger partial charge in [-0.2, -0.15) is 0 Å². The lowest BCUT2D eigenvalue weighted by atomic mass is 10.4. The summed E-state index contributed by atoms with van der Waals surface area (Å²) in [4.78, 5) is 8.05. The summed E-state index contributed by atoms with van der Waals surface area (Å²) >= 11 is 0. The van der Waals surface area contributed by atoms with Gasteiger partial charge in [-0.15, -0.1) is 0 Å². The highest BCUT2D eigenvalue weighted by molar-refractivity contribution is 7.89. The molecule has 0 radical (unpaired) electrons. The molecule has 0 aliphatic rings. The largest absolute Gasteiger partial charge is 0.349 e. The minimum absolute atomic E-state index is 0.142. The van der Waals surface area contributed by atoms with E-state index in [9.17, 15) is 8.42 Å². The SMILES string of the molecule is CCn1cc(S(=O)(=O)NCc2ccncn2)cc1CNC. The van der Waals surface area contributed by atoms with Gasteiger partial charge in [0.15, 0.2) is 0 Å². The van der Waals surface area contributed by atoms with E-state index < -0.39 is 10.0 Å². The summed E-state index contributed by atoms with van der Waals surface area (Å²) in [6.45, 7) is 3.46.